The van der Waals surface area contributed by atoms with Crippen molar-refractivity contribution < 1.29 is 15.3 Å². The molecule has 0 fully saturated rings. The molecule has 2 aromatic rings. The third-order valence-corrected chi connectivity index (χ3v) is 6.06. The smallest absolute Gasteiger partial charge is 0.160 e. The summed E-state index contributed by atoms with van der Waals surface area (Å²) in [7, 11) is 0. The van der Waals surface area contributed by atoms with Gasteiger partial charge < -0.3 is 15.3 Å². The van der Waals surface area contributed by atoms with Gasteiger partial charge in [0.05, 0.1) is 0 Å². The van der Waals surface area contributed by atoms with Gasteiger partial charge in [-0.05, 0) is 55.4 Å². The molecule has 166 valence electrons. The Morgan fingerprint density at radius 2 is 0.900 bits per heavy atom. The van der Waals surface area contributed by atoms with E-state index >= 15 is 0 Å². The molecule has 3 nitrogen and oxygen atoms in total. The largest absolute Gasteiger partial charge is 0.507 e. The molecule has 0 spiro atoms. The van der Waals surface area contributed by atoms with Crippen molar-refractivity contribution >= 4 is 0 Å². The minimum Gasteiger partial charge on any atom is -0.507 e. The number of phenols is 3. The minimum absolute atomic E-state index is 0.0157. The lowest BCUT2D eigenvalue weighted by molar-refractivity contribution is 0.398. The van der Waals surface area contributed by atoms with Gasteiger partial charge in [0.25, 0.3) is 0 Å². The SMILES string of the molecule is Cc1cccc(CCCCCCCCCCCCCCc2cccc(O)c2O)c1O. The number of unbranched alkanes of at least 4 members (excludes halogenated alkanes) is 11. The maximum Gasteiger partial charge on any atom is 0.160 e. The maximum atomic E-state index is 10.0. The van der Waals surface area contributed by atoms with Crippen molar-refractivity contribution in [2.75, 3.05) is 0 Å². The zero-order chi connectivity index (χ0) is 21.6. The summed E-state index contributed by atoms with van der Waals surface area (Å²) in [6, 6.07) is 11.2. The second-order valence-electron chi connectivity index (χ2n) is 8.61. The van der Waals surface area contributed by atoms with E-state index in [0.29, 0.717) is 5.75 Å². The lowest BCUT2D eigenvalue weighted by Crippen LogP contribution is -1.89. The van der Waals surface area contributed by atoms with E-state index in [1.165, 1.54) is 70.3 Å². The average molecular weight is 413 g/mol. The van der Waals surface area contributed by atoms with E-state index in [0.717, 1.165) is 42.4 Å². The molecule has 0 saturated heterocycles. The molecular formula is C27H40O3. The van der Waals surface area contributed by atoms with Crippen LogP contribution in [0.5, 0.6) is 17.2 Å². The molecule has 0 aromatic heterocycles. The molecule has 2 rings (SSSR count). The van der Waals surface area contributed by atoms with Crippen molar-refractivity contribution in [2.45, 2.75) is 96.8 Å². The van der Waals surface area contributed by atoms with Gasteiger partial charge in [0.1, 0.15) is 5.75 Å². The number of para-hydroxylation sites is 2. The third-order valence-electron chi connectivity index (χ3n) is 6.06. The second kappa shape index (κ2) is 14.0. The van der Waals surface area contributed by atoms with Gasteiger partial charge >= 0.3 is 0 Å². The Balaban J connectivity index is 1.36. The molecule has 0 radical (unpaired) electrons. The molecule has 0 heterocycles. The predicted octanol–water partition coefficient (Wildman–Crippen LogP) is 7.58. The van der Waals surface area contributed by atoms with Gasteiger partial charge in [-0.15, -0.1) is 0 Å². The Kier molecular flexibility index (Phi) is 11.2. The molecule has 0 aliphatic carbocycles. The average Bonchev–Trinajstić information content (AvgIpc) is 2.74. The van der Waals surface area contributed by atoms with Crippen molar-refractivity contribution in [2.24, 2.45) is 0 Å². The van der Waals surface area contributed by atoms with Crippen molar-refractivity contribution in [1.29, 1.82) is 0 Å². The first kappa shape index (κ1) is 24.1. The molecule has 0 bridgehead atoms. The Hall–Kier alpha value is -2.16. The quantitative estimate of drug-likeness (QED) is 0.209. The number of aromatic hydroxyl groups is 3. The molecule has 0 aliphatic heterocycles. The van der Waals surface area contributed by atoms with Gasteiger partial charge in [-0.25, -0.2) is 0 Å². The summed E-state index contributed by atoms with van der Waals surface area (Å²) in [6.45, 7) is 1.96. The fourth-order valence-corrected chi connectivity index (χ4v) is 4.10. The summed E-state index contributed by atoms with van der Waals surface area (Å²) in [5.41, 5.74) is 2.92. The number of aryl methyl sites for hydroxylation is 3. The van der Waals surface area contributed by atoms with Gasteiger partial charge in [0.15, 0.2) is 11.5 Å². The van der Waals surface area contributed by atoms with Crippen molar-refractivity contribution in [3.63, 3.8) is 0 Å². The normalized spacial score (nSPS) is 11.1. The summed E-state index contributed by atoms with van der Waals surface area (Å²) in [4.78, 5) is 0. The lowest BCUT2D eigenvalue weighted by Gasteiger charge is -2.07. The highest BCUT2D eigenvalue weighted by molar-refractivity contribution is 5.44. The Bertz CT molecular complexity index is 675. The first-order valence-electron chi connectivity index (χ1n) is 11.9. The fraction of sp³-hybridized carbons (Fsp3) is 0.556. The van der Waals surface area contributed by atoms with Crippen molar-refractivity contribution in [1.82, 2.24) is 0 Å². The summed E-state index contributed by atoms with van der Waals surface area (Å²) in [6.07, 6.45) is 17.0. The monoisotopic (exact) mass is 412 g/mol. The highest BCUT2D eigenvalue weighted by Gasteiger charge is 2.05. The first-order chi connectivity index (χ1) is 14.6. The zero-order valence-corrected chi connectivity index (χ0v) is 18.7. The van der Waals surface area contributed by atoms with Crippen LogP contribution >= 0.6 is 0 Å². The highest BCUT2D eigenvalue weighted by atomic mass is 16.3. The standard InChI is InChI=1S/C27H40O3/c1-22-16-14-19-23(26(22)29)17-12-10-8-6-4-2-3-5-7-9-11-13-18-24-20-15-21-25(28)27(24)30/h14-16,19-21,28-30H,2-13,17-18H2,1H3. The molecule has 2 aromatic carbocycles. The van der Waals surface area contributed by atoms with E-state index in [4.69, 9.17) is 0 Å². The van der Waals surface area contributed by atoms with E-state index in [2.05, 4.69) is 0 Å². The van der Waals surface area contributed by atoms with E-state index in [1.54, 1.807) is 6.07 Å². The molecule has 3 N–H and O–H groups in total. The Morgan fingerprint density at radius 1 is 0.500 bits per heavy atom. The minimum atomic E-state index is -0.0157. The van der Waals surface area contributed by atoms with Crippen molar-refractivity contribution in [3.8, 4) is 17.2 Å². The predicted molar refractivity (Wildman–Crippen MR) is 125 cm³/mol. The van der Waals surface area contributed by atoms with E-state index in [-0.39, 0.29) is 11.5 Å². The third kappa shape index (κ3) is 8.69. The summed E-state index contributed by atoms with van der Waals surface area (Å²) < 4.78 is 0. The van der Waals surface area contributed by atoms with E-state index in [9.17, 15) is 15.3 Å². The number of phenolic OH excluding ortho intramolecular Hbond substituents is 3. The van der Waals surface area contributed by atoms with Crippen LogP contribution in [0.1, 0.15) is 93.7 Å². The van der Waals surface area contributed by atoms with E-state index in [1.807, 2.05) is 31.2 Å². The molecule has 30 heavy (non-hydrogen) atoms. The second-order valence-corrected chi connectivity index (χ2v) is 8.61. The van der Waals surface area contributed by atoms with Crippen LogP contribution in [0.4, 0.5) is 0 Å². The van der Waals surface area contributed by atoms with Crippen LogP contribution in [0.25, 0.3) is 0 Å². The maximum absolute atomic E-state index is 10.0. The highest BCUT2D eigenvalue weighted by Crippen LogP contribution is 2.29. The molecule has 0 unspecified atom stereocenters. The van der Waals surface area contributed by atoms with Gasteiger partial charge in [0, 0.05) is 0 Å². The van der Waals surface area contributed by atoms with Gasteiger partial charge in [-0.2, -0.15) is 0 Å². The summed E-state index contributed by atoms with van der Waals surface area (Å²) in [5, 5.41) is 29.4. The van der Waals surface area contributed by atoms with Crippen LogP contribution in [0, 0.1) is 6.92 Å². The topological polar surface area (TPSA) is 60.7 Å². The zero-order valence-electron chi connectivity index (χ0n) is 18.7. The van der Waals surface area contributed by atoms with Crippen LogP contribution in [0.2, 0.25) is 0 Å². The molecule has 3 heteroatoms. The number of rotatable bonds is 15. The molecule has 0 aliphatic rings. The van der Waals surface area contributed by atoms with Crippen LogP contribution in [0.3, 0.4) is 0 Å². The summed E-state index contributed by atoms with van der Waals surface area (Å²) in [5.74, 6) is 0.513. The van der Waals surface area contributed by atoms with Gasteiger partial charge in [0.2, 0.25) is 0 Å². The van der Waals surface area contributed by atoms with Crippen molar-refractivity contribution in [3.05, 3.63) is 53.1 Å². The Labute approximate surface area is 182 Å². The summed E-state index contributed by atoms with van der Waals surface area (Å²) >= 11 is 0. The fourth-order valence-electron chi connectivity index (χ4n) is 4.10. The molecule has 0 saturated carbocycles. The van der Waals surface area contributed by atoms with E-state index < -0.39 is 0 Å². The van der Waals surface area contributed by atoms with Crippen LogP contribution < -0.4 is 0 Å². The molecular weight excluding hydrogens is 372 g/mol. The van der Waals surface area contributed by atoms with Crippen LogP contribution in [-0.2, 0) is 12.8 Å². The molecule has 0 atom stereocenters. The number of benzene rings is 2. The molecule has 0 amide bonds. The Morgan fingerprint density at radius 3 is 1.40 bits per heavy atom. The lowest BCUT2D eigenvalue weighted by atomic mass is 10.0. The van der Waals surface area contributed by atoms with Gasteiger partial charge in [-0.1, -0.05) is 94.5 Å². The van der Waals surface area contributed by atoms with Gasteiger partial charge in [-0.3, -0.25) is 0 Å². The van der Waals surface area contributed by atoms with Crippen LogP contribution in [-0.4, -0.2) is 15.3 Å². The number of hydrogen-bond donors (Lipinski definition) is 3. The number of hydrogen-bond acceptors (Lipinski definition) is 3. The first-order valence-corrected chi connectivity index (χ1v) is 11.9. The van der Waals surface area contributed by atoms with Crippen LogP contribution in [0.15, 0.2) is 36.4 Å².